The fraction of sp³-hybridized carbons (Fsp3) is 0.174. The largest absolute Gasteiger partial charge is 0.478 e. The van der Waals surface area contributed by atoms with E-state index in [0.717, 1.165) is 16.0 Å². The fourth-order valence-electron chi connectivity index (χ4n) is 3.26. The van der Waals surface area contributed by atoms with Gasteiger partial charge in [0.15, 0.2) is 11.5 Å². The van der Waals surface area contributed by atoms with Crippen molar-refractivity contribution in [2.45, 2.75) is 20.4 Å². The summed E-state index contributed by atoms with van der Waals surface area (Å²) in [6, 6.07) is 11.0. The van der Waals surface area contributed by atoms with Crippen LogP contribution in [0.25, 0.3) is 0 Å². The second-order valence-electron chi connectivity index (χ2n) is 7.25. The van der Waals surface area contributed by atoms with Crippen LogP contribution in [0.4, 0.5) is 5.00 Å². The molecule has 0 bridgehead atoms. The van der Waals surface area contributed by atoms with Crippen molar-refractivity contribution < 1.29 is 29.0 Å². The van der Waals surface area contributed by atoms with Gasteiger partial charge in [-0.15, -0.1) is 11.3 Å². The number of anilines is 1. The molecule has 9 heteroatoms. The molecule has 2 heterocycles. The van der Waals surface area contributed by atoms with Crippen LogP contribution in [-0.2, 0) is 6.54 Å². The van der Waals surface area contributed by atoms with Crippen molar-refractivity contribution in [3.8, 4) is 11.5 Å². The monoisotopic (exact) mass is 452 g/mol. The van der Waals surface area contributed by atoms with E-state index in [2.05, 4.69) is 10.6 Å². The van der Waals surface area contributed by atoms with Crippen LogP contribution in [0, 0.1) is 13.8 Å². The second-order valence-corrected chi connectivity index (χ2v) is 8.51. The number of amides is 2. The Kier molecular flexibility index (Phi) is 5.83. The number of hydrogen-bond acceptors (Lipinski definition) is 6. The Bertz CT molecular complexity index is 1220. The first kappa shape index (κ1) is 21.4. The minimum atomic E-state index is -1.07. The van der Waals surface area contributed by atoms with Crippen LogP contribution >= 0.6 is 11.3 Å². The summed E-state index contributed by atoms with van der Waals surface area (Å²) in [5.41, 5.74) is 2.62. The van der Waals surface area contributed by atoms with Crippen molar-refractivity contribution in [3.63, 3.8) is 0 Å². The van der Waals surface area contributed by atoms with Gasteiger partial charge >= 0.3 is 5.97 Å². The van der Waals surface area contributed by atoms with Crippen molar-refractivity contribution in [3.05, 3.63) is 75.2 Å². The summed E-state index contributed by atoms with van der Waals surface area (Å²) in [7, 11) is 0. The summed E-state index contributed by atoms with van der Waals surface area (Å²) in [5.74, 6) is -0.476. The zero-order chi connectivity index (χ0) is 22.8. The predicted molar refractivity (Wildman–Crippen MR) is 119 cm³/mol. The highest BCUT2D eigenvalue weighted by molar-refractivity contribution is 7.16. The number of rotatable bonds is 6. The molecule has 1 aliphatic rings. The van der Waals surface area contributed by atoms with Crippen molar-refractivity contribution in [2.24, 2.45) is 0 Å². The van der Waals surface area contributed by atoms with E-state index in [9.17, 15) is 14.4 Å². The number of carbonyl (C=O) groups excluding carboxylic acids is 2. The van der Waals surface area contributed by atoms with Gasteiger partial charge in [0.2, 0.25) is 6.79 Å². The predicted octanol–water partition coefficient (Wildman–Crippen LogP) is 3.97. The quantitative estimate of drug-likeness (QED) is 0.521. The minimum absolute atomic E-state index is 0.0902. The molecule has 0 fully saturated rings. The molecule has 0 radical (unpaired) electrons. The molecule has 0 spiro atoms. The highest BCUT2D eigenvalue weighted by Crippen LogP contribution is 2.34. The Morgan fingerprint density at radius 3 is 2.31 bits per heavy atom. The number of benzene rings is 2. The molecular formula is C23H20N2O6S. The molecule has 2 amide bonds. The smallest absolute Gasteiger partial charge is 0.335 e. The fourth-order valence-corrected chi connectivity index (χ4v) is 4.17. The summed E-state index contributed by atoms with van der Waals surface area (Å²) in [4.78, 5) is 37.3. The number of carbonyl (C=O) groups is 3. The molecule has 3 N–H and O–H groups in total. The average molecular weight is 452 g/mol. The summed E-state index contributed by atoms with van der Waals surface area (Å²) in [5, 5.41) is 15.1. The van der Waals surface area contributed by atoms with Gasteiger partial charge < -0.3 is 25.2 Å². The van der Waals surface area contributed by atoms with Gasteiger partial charge in [-0.05, 0) is 67.4 Å². The highest BCUT2D eigenvalue weighted by atomic mass is 32.1. The molecule has 1 aliphatic heterocycles. The van der Waals surface area contributed by atoms with E-state index in [1.807, 2.05) is 26.0 Å². The van der Waals surface area contributed by atoms with E-state index in [1.54, 1.807) is 6.07 Å². The van der Waals surface area contributed by atoms with E-state index in [1.165, 1.54) is 35.6 Å². The first-order valence-corrected chi connectivity index (χ1v) is 10.6. The lowest BCUT2D eigenvalue weighted by atomic mass is 10.1. The lowest BCUT2D eigenvalue weighted by Gasteiger charge is -2.10. The maximum atomic E-state index is 12.9. The van der Waals surface area contributed by atoms with Crippen molar-refractivity contribution in [1.29, 1.82) is 0 Å². The van der Waals surface area contributed by atoms with Gasteiger partial charge in [0.1, 0.15) is 5.00 Å². The molecule has 164 valence electrons. The molecular weight excluding hydrogens is 432 g/mol. The van der Waals surface area contributed by atoms with Crippen LogP contribution in [-0.4, -0.2) is 29.7 Å². The Morgan fingerprint density at radius 1 is 0.969 bits per heavy atom. The lowest BCUT2D eigenvalue weighted by Crippen LogP contribution is -2.24. The van der Waals surface area contributed by atoms with Gasteiger partial charge in [0, 0.05) is 17.0 Å². The molecule has 8 nitrogen and oxygen atoms in total. The van der Waals surface area contributed by atoms with Crippen LogP contribution in [0.3, 0.4) is 0 Å². The SMILES string of the molecule is Cc1cc(C(=O)NCc2cc3c(cc2C)OCO3)c(NC(=O)c2ccc(C(=O)O)cc2)s1. The second kappa shape index (κ2) is 8.72. The molecule has 4 rings (SSSR count). The van der Waals surface area contributed by atoms with Gasteiger partial charge in [-0.25, -0.2) is 4.79 Å². The molecule has 0 aliphatic carbocycles. The number of ether oxygens (including phenoxy) is 2. The van der Waals surface area contributed by atoms with Gasteiger partial charge in [-0.2, -0.15) is 0 Å². The van der Waals surface area contributed by atoms with E-state index in [-0.39, 0.29) is 18.3 Å². The molecule has 1 aromatic heterocycles. The van der Waals surface area contributed by atoms with Gasteiger partial charge in [-0.3, -0.25) is 9.59 Å². The first-order chi connectivity index (χ1) is 15.3. The number of carboxylic acids is 1. The maximum absolute atomic E-state index is 12.9. The molecule has 3 aromatic rings. The van der Waals surface area contributed by atoms with E-state index in [0.29, 0.717) is 34.2 Å². The number of aryl methyl sites for hydroxylation is 2. The molecule has 0 atom stereocenters. The topological polar surface area (TPSA) is 114 Å². The lowest BCUT2D eigenvalue weighted by molar-refractivity contribution is 0.0696. The Labute approximate surface area is 187 Å². The van der Waals surface area contributed by atoms with Gasteiger partial charge in [-0.1, -0.05) is 0 Å². The Balaban J connectivity index is 1.46. The van der Waals surface area contributed by atoms with E-state index < -0.39 is 11.9 Å². The number of thiophene rings is 1. The molecule has 0 unspecified atom stereocenters. The summed E-state index contributed by atoms with van der Waals surface area (Å²) < 4.78 is 10.8. The minimum Gasteiger partial charge on any atom is -0.478 e. The zero-order valence-corrected chi connectivity index (χ0v) is 18.2. The third kappa shape index (κ3) is 4.42. The Hall–Kier alpha value is -3.85. The number of fused-ring (bicyclic) bond motifs is 1. The standard InChI is InChI=1S/C23H20N2O6S/c1-12-7-18-19(31-11-30-18)9-16(12)10-24-21(27)17-8-13(2)32-22(17)25-20(26)14-3-5-15(6-4-14)23(28)29/h3-9H,10-11H2,1-2H3,(H,24,27)(H,25,26)(H,28,29). The van der Waals surface area contributed by atoms with Gasteiger partial charge in [0.25, 0.3) is 11.8 Å². The molecule has 0 saturated carbocycles. The normalized spacial score (nSPS) is 11.8. The van der Waals surface area contributed by atoms with Crippen LogP contribution < -0.4 is 20.1 Å². The maximum Gasteiger partial charge on any atom is 0.335 e. The Morgan fingerprint density at radius 2 is 1.62 bits per heavy atom. The van der Waals surface area contributed by atoms with Crippen LogP contribution in [0.15, 0.2) is 42.5 Å². The van der Waals surface area contributed by atoms with Gasteiger partial charge in [0.05, 0.1) is 11.1 Å². The number of carboxylic acid groups (broad SMARTS) is 1. The summed E-state index contributed by atoms with van der Waals surface area (Å²) in [6.45, 7) is 4.25. The van der Waals surface area contributed by atoms with Crippen molar-refractivity contribution >= 4 is 34.1 Å². The van der Waals surface area contributed by atoms with Crippen LogP contribution in [0.5, 0.6) is 11.5 Å². The van der Waals surface area contributed by atoms with Crippen LogP contribution in [0.2, 0.25) is 0 Å². The average Bonchev–Trinajstić information content (AvgIpc) is 3.37. The number of hydrogen-bond donors (Lipinski definition) is 3. The summed E-state index contributed by atoms with van der Waals surface area (Å²) in [6.07, 6.45) is 0. The number of nitrogens with one attached hydrogen (secondary N) is 2. The van der Waals surface area contributed by atoms with Crippen molar-refractivity contribution in [1.82, 2.24) is 5.32 Å². The van der Waals surface area contributed by atoms with E-state index >= 15 is 0 Å². The van der Waals surface area contributed by atoms with E-state index in [4.69, 9.17) is 14.6 Å². The molecule has 0 saturated heterocycles. The molecule has 32 heavy (non-hydrogen) atoms. The van der Waals surface area contributed by atoms with Crippen molar-refractivity contribution in [2.75, 3.05) is 12.1 Å². The number of aromatic carboxylic acids is 1. The first-order valence-electron chi connectivity index (χ1n) is 9.74. The third-order valence-electron chi connectivity index (χ3n) is 4.99. The summed E-state index contributed by atoms with van der Waals surface area (Å²) >= 11 is 1.29. The third-order valence-corrected chi connectivity index (χ3v) is 5.96. The highest BCUT2D eigenvalue weighted by Gasteiger charge is 2.20. The van der Waals surface area contributed by atoms with Crippen LogP contribution in [0.1, 0.15) is 47.1 Å². The molecule has 2 aromatic carbocycles. The zero-order valence-electron chi connectivity index (χ0n) is 17.4.